The maximum absolute atomic E-state index is 5.92. The summed E-state index contributed by atoms with van der Waals surface area (Å²) in [6.07, 6.45) is 0. The van der Waals surface area contributed by atoms with Crippen LogP contribution in [0.25, 0.3) is 0 Å². The first-order valence-corrected chi connectivity index (χ1v) is 5.80. The minimum atomic E-state index is 0.684. The highest BCUT2D eigenvalue weighted by molar-refractivity contribution is 14.1. The fourth-order valence-corrected chi connectivity index (χ4v) is 3.71. The summed E-state index contributed by atoms with van der Waals surface area (Å²) in [6, 6.07) is 3.65. The Hall–Kier alpha value is 1.01. The third-order valence-electron chi connectivity index (χ3n) is 1.24. The molecule has 0 heterocycles. The van der Waals surface area contributed by atoms with E-state index in [9.17, 15) is 0 Å². The predicted molar refractivity (Wildman–Crippen MR) is 61.8 cm³/mol. The van der Waals surface area contributed by atoms with E-state index in [0.29, 0.717) is 5.02 Å². The van der Waals surface area contributed by atoms with Crippen LogP contribution in [0.3, 0.4) is 0 Å². The summed E-state index contributed by atoms with van der Waals surface area (Å²) in [5, 5.41) is 2.17. The molecule has 11 heavy (non-hydrogen) atoms. The molecule has 0 amide bonds. The van der Waals surface area contributed by atoms with Crippen LogP contribution in [0.4, 0.5) is 0 Å². The Morgan fingerprint density at radius 3 is 2.45 bits per heavy atom. The summed E-state index contributed by atoms with van der Waals surface area (Å²) < 4.78 is 1.09. The van der Waals surface area contributed by atoms with Gasteiger partial charge in [-0.25, -0.2) is 0 Å². The van der Waals surface area contributed by atoms with Gasteiger partial charge in [-0.1, -0.05) is 39.1 Å². The van der Waals surface area contributed by atoms with Crippen molar-refractivity contribution in [2.45, 2.75) is 5.33 Å². The quantitative estimate of drug-likeness (QED) is 0.508. The van der Waals surface area contributed by atoms with Crippen LogP contribution in [0.15, 0.2) is 12.1 Å². The summed E-state index contributed by atoms with van der Waals surface area (Å²) in [6.45, 7) is 0. The highest BCUT2D eigenvalue weighted by Gasteiger charge is 2.04. The van der Waals surface area contributed by atoms with Crippen LogP contribution in [0, 0.1) is 3.57 Å². The molecular weight excluding hydrogens is 362 g/mol. The molecule has 60 valence electrons. The zero-order chi connectivity index (χ0) is 8.43. The van der Waals surface area contributed by atoms with E-state index in [-0.39, 0.29) is 0 Å². The van der Waals surface area contributed by atoms with Crippen molar-refractivity contribution in [3.05, 3.63) is 31.3 Å². The van der Waals surface area contributed by atoms with Gasteiger partial charge in [0.15, 0.2) is 0 Å². The van der Waals surface area contributed by atoms with Crippen molar-refractivity contribution < 1.29 is 0 Å². The third-order valence-corrected chi connectivity index (χ3v) is 3.32. The first-order chi connectivity index (χ1) is 5.15. The summed E-state index contributed by atoms with van der Waals surface area (Å²) in [5.41, 5.74) is 1.09. The van der Waals surface area contributed by atoms with Gasteiger partial charge in [0.25, 0.3) is 0 Å². The smallest absolute Gasteiger partial charge is 0.0471 e. The third kappa shape index (κ3) is 2.47. The summed E-state index contributed by atoms with van der Waals surface area (Å²) in [7, 11) is 0. The maximum atomic E-state index is 5.92. The molecule has 0 spiro atoms. The average molecular weight is 366 g/mol. The van der Waals surface area contributed by atoms with Crippen molar-refractivity contribution >= 4 is 61.7 Å². The van der Waals surface area contributed by atoms with E-state index in [0.717, 1.165) is 19.5 Å². The lowest BCUT2D eigenvalue weighted by atomic mass is 10.2. The van der Waals surface area contributed by atoms with Gasteiger partial charge in [0.1, 0.15) is 0 Å². The van der Waals surface area contributed by atoms with Crippen molar-refractivity contribution in [3.8, 4) is 0 Å². The minimum Gasteiger partial charge on any atom is -0.0875 e. The van der Waals surface area contributed by atoms with Crippen molar-refractivity contribution in [2.24, 2.45) is 0 Å². The number of halogens is 4. The molecule has 0 aliphatic carbocycles. The van der Waals surface area contributed by atoms with Gasteiger partial charge in [-0.3, -0.25) is 0 Å². The molecule has 1 aromatic rings. The van der Waals surface area contributed by atoms with Gasteiger partial charge in [0.05, 0.1) is 0 Å². The van der Waals surface area contributed by atoms with Gasteiger partial charge < -0.3 is 0 Å². The van der Waals surface area contributed by atoms with Crippen molar-refractivity contribution in [1.82, 2.24) is 0 Å². The van der Waals surface area contributed by atoms with Crippen molar-refractivity contribution in [2.75, 3.05) is 0 Å². The summed E-state index contributed by atoms with van der Waals surface area (Å²) in [5.74, 6) is 0. The zero-order valence-electron chi connectivity index (χ0n) is 5.37. The van der Waals surface area contributed by atoms with Gasteiger partial charge in [-0.2, -0.15) is 0 Å². The number of hydrogen-bond acceptors (Lipinski definition) is 0. The van der Waals surface area contributed by atoms with Gasteiger partial charge >= 0.3 is 0 Å². The highest BCUT2D eigenvalue weighted by Crippen LogP contribution is 2.27. The SMILES string of the molecule is Clc1cc(Cl)c(CBr)c(I)c1. The van der Waals surface area contributed by atoms with Gasteiger partial charge in [0, 0.05) is 18.9 Å². The maximum Gasteiger partial charge on any atom is 0.0471 e. The molecule has 0 aliphatic rings. The van der Waals surface area contributed by atoms with Gasteiger partial charge in [0.2, 0.25) is 0 Å². The van der Waals surface area contributed by atoms with Gasteiger partial charge in [-0.15, -0.1) is 0 Å². The average Bonchev–Trinajstić information content (AvgIpc) is 1.85. The number of hydrogen-bond donors (Lipinski definition) is 0. The fourth-order valence-electron chi connectivity index (χ4n) is 0.700. The Kier molecular flexibility index (Phi) is 3.95. The standard InChI is InChI=1S/C7H4BrCl2I/c8-3-5-6(10)1-4(9)2-7(5)11/h1-2H,3H2. The molecule has 0 radical (unpaired) electrons. The van der Waals surface area contributed by atoms with Crippen LogP contribution < -0.4 is 0 Å². The van der Waals surface area contributed by atoms with E-state index in [1.54, 1.807) is 6.07 Å². The van der Waals surface area contributed by atoms with Crippen molar-refractivity contribution in [3.63, 3.8) is 0 Å². The molecule has 0 nitrogen and oxygen atoms in total. The summed E-state index contributed by atoms with van der Waals surface area (Å²) in [4.78, 5) is 0. The number of rotatable bonds is 1. The highest BCUT2D eigenvalue weighted by atomic mass is 127. The lowest BCUT2D eigenvalue weighted by molar-refractivity contribution is 1.40. The van der Waals surface area contributed by atoms with Crippen LogP contribution in [0.1, 0.15) is 5.56 Å². The van der Waals surface area contributed by atoms with Crippen molar-refractivity contribution in [1.29, 1.82) is 0 Å². The molecule has 0 N–H and O–H groups in total. The molecule has 1 rings (SSSR count). The molecule has 0 fully saturated rings. The Bertz CT molecular complexity index is 252. The van der Waals surface area contributed by atoms with E-state index in [2.05, 4.69) is 38.5 Å². The molecule has 0 saturated heterocycles. The van der Waals surface area contributed by atoms with E-state index in [1.165, 1.54) is 0 Å². The lowest BCUT2D eigenvalue weighted by Gasteiger charge is -2.03. The van der Waals surface area contributed by atoms with E-state index in [1.807, 2.05) is 6.07 Å². The Balaban J connectivity index is 3.25. The molecule has 0 atom stereocenters. The first-order valence-electron chi connectivity index (χ1n) is 2.84. The van der Waals surface area contributed by atoms with E-state index < -0.39 is 0 Å². The minimum absolute atomic E-state index is 0.684. The van der Waals surface area contributed by atoms with E-state index >= 15 is 0 Å². The normalized spacial score (nSPS) is 10.2. The van der Waals surface area contributed by atoms with Crippen LogP contribution in [0.5, 0.6) is 0 Å². The van der Waals surface area contributed by atoms with Crippen LogP contribution in [-0.2, 0) is 5.33 Å². The lowest BCUT2D eigenvalue weighted by Crippen LogP contribution is -1.85. The molecule has 0 bridgehead atoms. The Morgan fingerprint density at radius 2 is 2.00 bits per heavy atom. The molecule has 0 unspecified atom stereocenters. The molecule has 1 aromatic carbocycles. The second kappa shape index (κ2) is 4.30. The zero-order valence-corrected chi connectivity index (χ0v) is 10.6. The molecule has 0 saturated carbocycles. The number of alkyl halides is 1. The monoisotopic (exact) mass is 364 g/mol. The molecular formula is C7H4BrCl2I. The second-order valence-electron chi connectivity index (χ2n) is 1.98. The van der Waals surface area contributed by atoms with Crippen LogP contribution in [-0.4, -0.2) is 0 Å². The largest absolute Gasteiger partial charge is 0.0875 e. The molecule has 4 heteroatoms. The van der Waals surface area contributed by atoms with Gasteiger partial charge in [-0.05, 0) is 40.3 Å². The van der Waals surface area contributed by atoms with Crippen LogP contribution >= 0.6 is 61.7 Å². The Morgan fingerprint density at radius 1 is 1.36 bits per heavy atom. The topological polar surface area (TPSA) is 0 Å². The fraction of sp³-hybridized carbons (Fsp3) is 0.143. The van der Waals surface area contributed by atoms with E-state index in [4.69, 9.17) is 23.2 Å². The molecule has 0 aromatic heterocycles. The first kappa shape index (κ1) is 10.1. The predicted octanol–water partition coefficient (Wildman–Crippen LogP) is 4.49. The second-order valence-corrected chi connectivity index (χ2v) is 4.55. The number of benzene rings is 1. The van der Waals surface area contributed by atoms with Crippen LogP contribution in [0.2, 0.25) is 10.0 Å². The molecule has 0 aliphatic heterocycles. The summed E-state index contributed by atoms with van der Waals surface area (Å²) >= 11 is 17.3. The Labute approximate surface area is 97.5 Å².